The number of piperidine rings is 1. The number of nitrogens with zero attached hydrogens (tertiary/aromatic N) is 1. The lowest BCUT2D eigenvalue weighted by Gasteiger charge is -2.38. The van der Waals surface area contributed by atoms with Gasteiger partial charge in [-0.3, -0.25) is 9.59 Å². The highest BCUT2D eigenvalue weighted by atomic mass is 16.5. The van der Waals surface area contributed by atoms with Crippen LogP contribution in [0, 0.1) is 0 Å². The van der Waals surface area contributed by atoms with Crippen LogP contribution in [0.2, 0.25) is 0 Å². The summed E-state index contributed by atoms with van der Waals surface area (Å²) in [6, 6.07) is 12.0. The highest BCUT2D eigenvalue weighted by Crippen LogP contribution is 2.24. The van der Waals surface area contributed by atoms with E-state index < -0.39 is 5.97 Å². The van der Waals surface area contributed by atoms with Gasteiger partial charge in [0.2, 0.25) is 0 Å². The van der Waals surface area contributed by atoms with Crippen LogP contribution in [0.15, 0.2) is 42.5 Å². The summed E-state index contributed by atoms with van der Waals surface area (Å²) in [7, 11) is 0. The highest BCUT2D eigenvalue weighted by Gasteiger charge is 2.29. The number of hydrogen-bond donors (Lipinski definition) is 0. The Bertz CT molecular complexity index is 1010. The van der Waals surface area contributed by atoms with Gasteiger partial charge in [0.05, 0.1) is 12.2 Å². The van der Waals surface area contributed by atoms with Crippen LogP contribution in [0.1, 0.15) is 73.2 Å². The van der Waals surface area contributed by atoms with Gasteiger partial charge < -0.3 is 19.1 Å². The van der Waals surface area contributed by atoms with Gasteiger partial charge in [0, 0.05) is 23.2 Å². The maximum absolute atomic E-state index is 12.6. The van der Waals surface area contributed by atoms with Crippen molar-refractivity contribution in [1.29, 1.82) is 0 Å². The summed E-state index contributed by atoms with van der Waals surface area (Å²) < 4.78 is 16.7. The minimum Gasteiger partial charge on any atom is -0.493 e. The molecule has 1 aliphatic rings. The van der Waals surface area contributed by atoms with Gasteiger partial charge in [-0.05, 0) is 89.4 Å². The van der Waals surface area contributed by atoms with E-state index >= 15 is 0 Å². The molecule has 34 heavy (non-hydrogen) atoms. The summed E-state index contributed by atoms with van der Waals surface area (Å²) in [5, 5.41) is 0. The molecule has 0 N–H and O–H groups in total. The van der Waals surface area contributed by atoms with E-state index in [0.29, 0.717) is 34.8 Å². The zero-order chi connectivity index (χ0) is 24.7. The molecule has 0 bridgehead atoms. The molecular formula is C27H33NO6. The molecule has 0 saturated carbocycles. The second-order valence-corrected chi connectivity index (χ2v) is 8.63. The summed E-state index contributed by atoms with van der Waals surface area (Å²) in [5.74, 6) is 0.477. The van der Waals surface area contributed by atoms with Crippen LogP contribution in [0.5, 0.6) is 11.5 Å². The zero-order valence-corrected chi connectivity index (χ0v) is 20.3. The van der Waals surface area contributed by atoms with Crippen LogP contribution in [-0.4, -0.2) is 47.9 Å². The Morgan fingerprint density at radius 1 is 0.941 bits per heavy atom. The summed E-state index contributed by atoms with van der Waals surface area (Å²) >= 11 is 0. The first kappa shape index (κ1) is 25.3. The Hall–Kier alpha value is -3.35. The molecule has 1 amide bonds. The number of rotatable bonds is 9. The van der Waals surface area contributed by atoms with Crippen molar-refractivity contribution in [3.05, 3.63) is 59.2 Å². The number of carbonyl (C=O) groups is 3. The van der Waals surface area contributed by atoms with E-state index in [2.05, 4.69) is 13.8 Å². The van der Waals surface area contributed by atoms with Crippen molar-refractivity contribution in [2.24, 2.45) is 0 Å². The summed E-state index contributed by atoms with van der Waals surface area (Å²) in [6.07, 6.45) is 3.16. The number of benzene rings is 2. The molecule has 1 saturated heterocycles. The summed E-state index contributed by atoms with van der Waals surface area (Å²) in [6.45, 7) is 7.89. The Balaban J connectivity index is 1.57. The SMILES string of the molecule is CCOc1ccc(C(C)=O)cc1COC(=O)c1ccc(OCC(=O)N2C(C)CCCC2C)cc1. The van der Waals surface area contributed by atoms with E-state index in [-0.39, 0.29) is 37.0 Å². The van der Waals surface area contributed by atoms with Crippen molar-refractivity contribution in [2.45, 2.75) is 65.6 Å². The maximum atomic E-state index is 12.6. The Morgan fingerprint density at radius 3 is 2.21 bits per heavy atom. The van der Waals surface area contributed by atoms with Crippen LogP contribution in [0.4, 0.5) is 0 Å². The van der Waals surface area contributed by atoms with Gasteiger partial charge >= 0.3 is 5.97 Å². The second kappa shape index (κ2) is 11.7. The lowest BCUT2D eigenvalue weighted by Crippen LogP contribution is -2.49. The predicted octanol–water partition coefficient (Wildman–Crippen LogP) is 4.81. The quantitative estimate of drug-likeness (QED) is 0.389. The molecule has 2 aromatic rings. The maximum Gasteiger partial charge on any atom is 0.338 e. The van der Waals surface area contributed by atoms with Crippen molar-refractivity contribution in [3.8, 4) is 11.5 Å². The number of carbonyl (C=O) groups excluding carboxylic acids is 3. The summed E-state index contributed by atoms with van der Waals surface area (Å²) in [4.78, 5) is 38.8. The molecule has 182 valence electrons. The average molecular weight is 468 g/mol. The minimum absolute atomic E-state index is 0.0196. The van der Waals surface area contributed by atoms with Crippen LogP contribution >= 0.6 is 0 Å². The van der Waals surface area contributed by atoms with Crippen molar-refractivity contribution in [2.75, 3.05) is 13.2 Å². The molecular weight excluding hydrogens is 434 g/mol. The van der Waals surface area contributed by atoms with Gasteiger partial charge in [-0.2, -0.15) is 0 Å². The van der Waals surface area contributed by atoms with Gasteiger partial charge in [0.1, 0.15) is 18.1 Å². The highest BCUT2D eigenvalue weighted by molar-refractivity contribution is 5.94. The van der Waals surface area contributed by atoms with E-state index in [1.165, 1.54) is 6.92 Å². The number of amides is 1. The molecule has 0 aromatic heterocycles. The second-order valence-electron chi connectivity index (χ2n) is 8.63. The molecule has 1 heterocycles. The zero-order valence-electron chi connectivity index (χ0n) is 20.3. The van der Waals surface area contributed by atoms with Gasteiger partial charge in [-0.25, -0.2) is 4.79 Å². The summed E-state index contributed by atoms with van der Waals surface area (Å²) in [5.41, 5.74) is 1.51. The smallest absolute Gasteiger partial charge is 0.338 e. The number of esters is 1. The standard InChI is InChI=1S/C27H33NO6/c1-5-32-25-14-11-22(20(4)29)15-23(25)16-34-27(31)21-9-12-24(13-10-21)33-17-26(30)28-18(2)7-6-8-19(28)3/h9-15,18-19H,5-8,16-17H2,1-4H3. The molecule has 2 aromatic carbocycles. The third kappa shape index (κ3) is 6.37. The number of ketones is 1. The van der Waals surface area contributed by atoms with Crippen LogP contribution in [-0.2, 0) is 16.1 Å². The normalized spacial score (nSPS) is 17.7. The van der Waals surface area contributed by atoms with Gasteiger partial charge in [-0.15, -0.1) is 0 Å². The van der Waals surface area contributed by atoms with Gasteiger partial charge in [0.15, 0.2) is 12.4 Å². The van der Waals surface area contributed by atoms with Gasteiger partial charge in [0.25, 0.3) is 5.91 Å². The van der Waals surface area contributed by atoms with E-state index in [1.54, 1.807) is 42.5 Å². The van der Waals surface area contributed by atoms with Gasteiger partial charge in [-0.1, -0.05) is 0 Å². The molecule has 1 aliphatic heterocycles. The number of Topliss-reactive ketones (excluding diaryl/α,β-unsaturated/α-hetero) is 1. The van der Waals surface area contributed by atoms with Crippen molar-refractivity contribution in [3.63, 3.8) is 0 Å². The molecule has 1 fully saturated rings. The fourth-order valence-corrected chi connectivity index (χ4v) is 4.25. The third-order valence-electron chi connectivity index (χ3n) is 6.06. The van der Waals surface area contributed by atoms with Crippen LogP contribution in [0.25, 0.3) is 0 Å². The molecule has 2 unspecified atom stereocenters. The van der Waals surface area contributed by atoms with E-state index in [0.717, 1.165) is 19.3 Å². The van der Waals surface area contributed by atoms with E-state index in [9.17, 15) is 14.4 Å². The minimum atomic E-state index is -0.505. The largest absolute Gasteiger partial charge is 0.493 e. The average Bonchev–Trinajstić information content (AvgIpc) is 2.82. The van der Waals surface area contributed by atoms with E-state index in [1.807, 2.05) is 11.8 Å². The van der Waals surface area contributed by atoms with Crippen molar-refractivity contribution in [1.82, 2.24) is 4.90 Å². The van der Waals surface area contributed by atoms with Crippen LogP contribution in [0.3, 0.4) is 0 Å². The lowest BCUT2D eigenvalue weighted by molar-refractivity contribution is -0.139. The molecule has 7 nitrogen and oxygen atoms in total. The van der Waals surface area contributed by atoms with Crippen LogP contribution < -0.4 is 9.47 Å². The Labute approximate surface area is 201 Å². The molecule has 2 atom stereocenters. The van der Waals surface area contributed by atoms with E-state index in [4.69, 9.17) is 14.2 Å². The number of ether oxygens (including phenoxy) is 3. The number of likely N-dealkylation sites (tertiary alicyclic amines) is 1. The molecule has 7 heteroatoms. The van der Waals surface area contributed by atoms with Crippen molar-refractivity contribution < 1.29 is 28.6 Å². The number of hydrogen-bond acceptors (Lipinski definition) is 6. The monoisotopic (exact) mass is 467 g/mol. The fourth-order valence-electron chi connectivity index (χ4n) is 4.25. The molecule has 0 radical (unpaired) electrons. The first-order valence-corrected chi connectivity index (χ1v) is 11.8. The first-order valence-electron chi connectivity index (χ1n) is 11.8. The van der Waals surface area contributed by atoms with Crippen molar-refractivity contribution >= 4 is 17.7 Å². The Kier molecular flexibility index (Phi) is 8.68. The molecule has 0 spiro atoms. The lowest BCUT2D eigenvalue weighted by atomic mass is 9.97. The molecule has 0 aliphatic carbocycles. The predicted molar refractivity (Wildman–Crippen MR) is 128 cm³/mol. The molecule has 3 rings (SSSR count). The third-order valence-corrected chi connectivity index (χ3v) is 6.06. The first-order chi connectivity index (χ1) is 16.3. The topological polar surface area (TPSA) is 82.1 Å². The Morgan fingerprint density at radius 2 is 1.59 bits per heavy atom. The fraction of sp³-hybridized carbons (Fsp3) is 0.444.